The van der Waals surface area contributed by atoms with Crippen molar-refractivity contribution in [1.82, 2.24) is 4.98 Å². The molecule has 0 radical (unpaired) electrons. The number of pyridine rings is 1. The van der Waals surface area contributed by atoms with Crippen molar-refractivity contribution in [3.8, 4) is 0 Å². The number of thioether (sulfide) groups is 1. The largest absolute Gasteiger partial charge is 0.255 e. The van der Waals surface area contributed by atoms with Crippen LogP contribution in [0.25, 0.3) is 10.9 Å². The summed E-state index contributed by atoms with van der Waals surface area (Å²) in [6, 6.07) is 18.3. The van der Waals surface area contributed by atoms with Gasteiger partial charge in [0.2, 0.25) is 0 Å². The molecule has 0 saturated heterocycles. The molecular weight excluding hydrogens is 274 g/mol. The number of benzene rings is 2. The van der Waals surface area contributed by atoms with E-state index in [2.05, 4.69) is 35.3 Å². The van der Waals surface area contributed by atoms with E-state index in [1.165, 1.54) is 10.5 Å². The van der Waals surface area contributed by atoms with E-state index in [0.717, 1.165) is 21.7 Å². The Labute approximate surface area is 121 Å². The summed E-state index contributed by atoms with van der Waals surface area (Å²) in [6.07, 6.45) is 1.92. The summed E-state index contributed by atoms with van der Waals surface area (Å²) in [5.41, 5.74) is 2.30. The maximum absolute atomic E-state index is 6.01. The van der Waals surface area contributed by atoms with Crippen molar-refractivity contribution in [2.24, 2.45) is 0 Å². The van der Waals surface area contributed by atoms with Gasteiger partial charge in [-0.2, -0.15) is 0 Å². The van der Waals surface area contributed by atoms with Crippen LogP contribution < -0.4 is 0 Å². The molecule has 0 N–H and O–H groups in total. The number of halogens is 1. The van der Waals surface area contributed by atoms with Gasteiger partial charge in [0.05, 0.1) is 5.52 Å². The van der Waals surface area contributed by atoms with Gasteiger partial charge in [0.25, 0.3) is 0 Å². The zero-order valence-corrected chi connectivity index (χ0v) is 11.8. The summed E-state index contributed by atoms with van der Waals surface area (Å²) < 4.78 is 0. The van der Waals surface area contributed by atoms with E-state index in [1.807, 2.05) is 30.5 Å². The van der Waals surface area contributed by atoms with Crippen LogP contribution in [-0.4, -0.2) is 4.98 Å². The molecule has 0 aliphatic heterocycles. The molecule has 2 aromatic carbocycles. The first kappa shape index (κ1) is 12.5. The van der Waals surface area contributed by atoms with Crippen molar-refractivity contribution in [2.75, 3.05) is 0 Å². The van der Waals surface area contributed by atoms with Crippen LogP contribution in [0.5, 0.6) is 0 Å². The highest BCUT2D eigenvalue weighted by atomic mass is 35.5. The van der Waals surface area contributed by atoms with Crippen molar-refractivity contribution < 1.29 is 0 Å². The molecule has 94 valence electrons. The van der Waals surface area contributed by atoms with Gasteiger partial charge >= 0.3 is 0 Å². The minimum atomic E-state index is 0.750. The summed E-state index contributed by atoms with van der Waals surface area (Å²) in [7, 11) is 0. The first-order chi connectivity index (χ1) is 9.31. The summed E-state index contributed by atoms with van der Waals surface area (Å²) in [5, 5.41) is 1.84. The fourth-order valence-corrected chi connectivity index (χ4v) is 2.95. The second-order valence-electron chi connectivity index (χ2n) is 4.28. The Morgan fingerprint density at radius 1 is 1.00 bits per heavy atom. The van der Waals surface area contributed by atoms with Crippen LogP contribution in [0.4, 0.5) is 0 Å². The van der Waals surface area contributed by atoms with Crippen molar-refractivity contribution >= 4 is 34.3 Å². The third-order valence-corrected chi connectivity index (χ3v) is 4.14. The molecule has 0 aliphatic rings. The van der Waals surface area contributed by atoms with Gasteiger partial charge in [-0.15, -0.1) is 11.8 Å². The lowest BCUT2D eigenvalue weighted by atomic mass is 10.2. The predicted molar refractivity (Wildman–Crippen MR) is 82.8 cm³/mol. The highest BCUT2D eigenvalue weighted by molar-refractivity contribution is 7.98. The number of hydrogen-bond acceptors (Lipinski definition) is 2. The van der Waals surface area contributed by atoms with Crippen LogP contribution in [0.3, 0.4) is 0 Å². The fraction of sp³-hybridized carbons (Fsp3) is 0.0625. The molecule has 0 spiro atoms. The molecule has 0 aliphatic carbocycles. The monoisotopic (exact) mass is 285 g/mol. The molecule has 0 fully saturated rings. The lowest BCUT2D eigenvalue weighted by Crippen LogP contribution is -1.83. The molecule has 3 heteroatoms. The molecule has 19 heavy (non-hydrogen) atoms. The van der Waals surface area contributed by atoms with Crippen molar-refractivity contribution in [3.63, 3.8) is 0 Å². The smallest absolute Gasteiger partial charge is 0.0703 e. The van der Waals surface area contributed by atoms with Gasteiger partial charge in [-0.05, 0) is 29.8 Å². The molecule has 0 saturated carbocycles. The topological polar surface area (TPSA) is 12.9 Å². The minimum absolute atomic E-state index is 0.750. The van der Waals surface area contributed by atoms with Gasteiger partial charge in [-0.3, -0.25) is 4.98 Å². The van der Waals surface area contributed by atoms with Gasteiger partial charge in [0.15, 0.2) is 0 Å². The van der Waals surface area contributed by atoms with E-state index < -0.39 is 0 Å². The average molecular weight is 286 g/mol. The Morgan fingerprint density at radius 2 is 1.84 bits per heavy atom. The van der Waals surface area contributed by atoms with E-state index >= 15 is 0 Å². The molecule has 3 aromatic rings. The predicted octanol–water partition coefficient (Wildman–Crippen LogP) is 5.18. The molecule has 1 nitrogen and oxygen atoms in total. The minimum Gasteiger partial charge on any atom is -0.255 e. The Kier molecular flexibility index (Phi) is 3.72. The quantitative estimate of drug-likeness (QED) is 0.615. The van der Waals surface area contributed by atoms with E-state index in [4.69, 9.17) is 11.6 Å². The second-order valence-corrected chi connectivity index (χ2v) is 5.77. The molecule has 3 rings (SSSR count). The first-order valence-corrected chi connectivity index (χ1v) is 7.40. The summed E-state index contributed by atoms with van der Waals surface area (Å²) in [4.78, 5) is 5.62. The summed E-state index contributed by atoms with van der Waals surface area (Å²) >= 11 is 7.80. The van der Waals surface area contributed by atoms with Crippen LogP contribution in [0.15, 0.2) is 65.7 Å². The van der Waals surface area contributed by atoms with Gasteiger partial charge in [0.1, 0.15) is 0 Å². The number of fused-ring (bicyclic) bond motifs is 1. The highest BCUT2D eigenvalue weighted by Gasteiger charge is 2.00. The van der Waals surface area contributed by atoms with Gasteiger partial charge in [-0.25, -0.2) is 0 Å². The summed E-state index contributed by atoms with van der Waals surface area (Å²) in [5.74, 6) is 0.953. The fourth-order valence-electron chi connectivity index (χ4n) is 1.90. The normalized spacial score (nSPS) is 10.8. The second kappa shape index (κ2) is 5.64. The lowest BCUT2D eigenvalue weighted by Gasteiger charge is -2.04. The molecule has 0 amide bonds. The first-order valence-electron chi connectivity index (χ1n) is 6.03. The van der Waals surface area contributed by atoms with Gasteiger partial charge < -0.3 is 0 Å². The number of nitrogens with zero attached hydrogens (tertiary/aromatic N) is 1. The van der Waals surface area contributed by atoms with Crippen LogP contribution >= 0.6 is 23.4 Å². The molecule has 1 aromatic heterocycles. The van der Waals surface area contributed by atoms with Crippen LogP contribution in [0.1, 0.15) is 5.56 Å². The zero-order chi connectivity index (χ0) is 13.1. The maximum Gasteiger partial charge on any atom is 0.0703 e. The Hall–Kier alpha value is -1.51. The molecule has 1 heterocycles. The standard InChI is InChI=1S/C16H12ClNS/c17-14-6-7-16-13(8-14)9-15(10-18-16)19-11-12-4-2-1-3-5-12/h1-10H,11H2. The zero-order valence-electron chi connectivity index (χ0n) is 10.2. The lowest BCUT2D eigenvalue weighted by molar-refractivity contribution is 1.29. The summed E-state index contributed by atoms with van der Waals surface area (Å²) in [6.45, 7) is 0. The third-order valence-electron chi connectivity index (χ3n) is 2.87. The van der Waals surface area contributed by atoms with Gasteiger partial charge in [-0.1, -0.05) is 41.9 Å². The number of aromatic nitrogens is 1. The van der Waals surface area contributed by atoms with Gasteiger partial charge in [0, 0.05) is 27.3 Å². The van der Waals surface area contributed by atoms with Crippen LogP contribution in [-0.2, 0) is 5.75 Å². The molecule has 0 unspecified atom stereocenters. The van der Waals surface area contributed by atoms with E-state index in [1.54, 1.807) is 11.8 Å². The third kappa shape index (κ3) is 3.09. The molecule has 0 bridgehead atoms. The molecular formula is C16H12ClNS. The SMILES string of the molecule is Clc1ccc2ncc(SCc3ccccc3)cc2c1. The number of rotatable bonds is 3. The Balaban J connectivity index is 1.81. The number of hydrogen-bond donors (Lipinski definition) is 0. The highest BCUT2D eigenvalue weighted by Crippen LogP contribution is 2.26. The van der Waals surface area contributed by atoms with E-state index in [-0.39, 0.29) is 0 Å². The Morgan fingerprint density at radius 3 is 2.68 bits per heavy atom. The van der Waals surface area contributed by atoms with Crippen molar-refractivity contribution in [2.45, 2.75) is 10.6 Å². The average Bonchev–Trinajstić information content (AvgIpc) is 2.46. The van der Waals surface area contributed by atoms with E-state index in [9.17, 15) is 0 Å². The van der Waals surface area contributed by atoms with Crippen molar-refractivity contribution in [1.29, 1.82) is 0 Å². The van der Waals surface area contributed by atoms with Crippen molar-refractivity contribution in [3.05, 3.63) is 71.4 Å². The van der Waals surface area contributed by atoms with E-state index in [0.29, 0.717) is 0 Å². The Bertz CT molecular complexity index is 697. The maximum atomic E-state index is 6.01. The van der Waals surface area contributed by atoms with Crippen LogP contribution in [0.2, 0.25) is 5.02 Å². The molecule has 0 atom stereocenters. The van der Waals surface area contributed by atoms with Crippen LogP contribution in [0, 0.1) is 0 Å².